The molecule has 2 aromatic rings. The van der Waals surface area contributed by atoms with Gasteiger partial charge in [-0.25, -0.2) is 9.97 Å². The fourth-order valence-electron chi connectivity index (χ4n) is 2.53. The highest BCUT2D eigenvalue weighted by Crippen LogP contribution is 2.34. The highest BCUT2D eigenvalue weighted by atomic mass is 16.5. The molecular formula is C15H17N3O. The van der Waals surface area contributed by atoms with E-state index in [0.29, 0.717) is 12.4 Å². The summed E-state index contributed by atoms with van der Waals surface area (Å²) in [6, 6.07) is 8.04. The van der Waals surface area contributed by atoms with E-state index >= 15 is 0 Å². The van der Waals surface area contributed by atoms with E-state index < -0.39 is 0 Å². The predicted octanol–water partition coefficient (Wildman–Crippen LogP) is 2.39. The van der Waals surface area contributed by atoms with Gasteiger partial charge in [-0.05, 0) is 42.5 Å². The lowest BCUT2D eigenvalue weighted by Gasteiger charge is -2.24. The van der Waals surface area contributed by atoms with Crippen LogP contribution in [0.1, 0.15) is 35.8 Å². The van der Waals surface area contributed by atoms with E-state index in [1.807, 2.05) is 12.1 Å². The first-order chi connectivity index (χ1) is 9.34. The van der Waals surface area contributed by atoms with Gasteiger partial charge in [0.15, 0.2) is 5.82 Å². The van der Waals surface area contributed by atoms with Crippen LogP contribution in [0.15, 0.2) is 36.7 Å². The van der Waals surface area contributed by atoms with Crippen LogP contribution in [0.4, 0.5) is 0 Å². The van der Waals surface area contributed by atoms with Crippen molar-refractivity contribution in [3.8, 4) is 5.75 Å². The zero-order chi connectivity index (χ0) is 13.1. The molecule has 98 valence electrons. The molecule has 2 N–H and O–H groups in total. The van der Waals surface area contributed by atoms with E-state index in [1.165, 1.54) is 11.1 Å². The predicted molar refractivity (Wildman–Crippen MR) is 72.7 cm³/mol. The SMILES string of the molecule is NC1CCCc2c(OCc3ncccn3)cccc21. The standard InChI is InChI=1S/C15H17N3O/c16-13-6-1-5-12-11(13)4-2-7-14(12)19-10-15-17-8-3-9-18-15/h2-4,7-9,13H,1,5-6,10,16H2. The van der Waals surface area contributed by atoms with E-state index in [2.05, 4.69) is 16.0 Å². The first-order valence-corrected chi connectivity index (χ1v) is 6.60. The second-order valence-corrected chi connectivity index (χ2v) is 4.78. The number of hydrogen-bond acceptors (Lipinski definition) is 4. The van der Waals surface area contributed by atoms with Gasteiger partial charge in [0.2, 0.25) is 0 Å². The molecule has 4 heteroatoms. The molecule has 0 radical (unpaired) electrons. The third kappa shape index (κ3) is 2.58. The zero-order valence-electron chi connectivity index (χ0n) is 10.7. The average Bonchev–Trinajstić information content (AvgIpc) is 2.47. The maximum atomic E-state index is 6.14. The first-order valence-electron chi connectivity index (χ1n) is 6.60. The van der Waals surface area contributed by atoms with Gasteiger partial charge < -0.3 is 10.5 Å². The van der Waals surface area contributed by atoms with E-state index in [9.17, 15) is 0 Å². The minimum absolute atomic E-state index is 0.139. The van der Waals surface area contributed by atoms with Crippen LogP contribution in [0, 0.1) is 0 Å². The van der Waals surface area contributed by atoms with Crippen LogP contribution in [-0.2, 0) is 13.0 Å². The Bertz CT molecular complexity index is 557. The second kappa shape index (κ2) is 5.36. The molecule has 0 bridgehead atoms. The lowest BCUT2D eigenvalue weighted by molar-refractivity contribution is 0.290. The van der Waals surface area contributed by atoms with Crippen molar-refractivity contribution >= 4 is 0 Å². The van der Waals surface area contributed by atoms with Crippen molar-refractivity contribution < 1.29 is 4.74 Å². The number of nitrogens with two attached hydrogens (primary N) is 1. The van der Waals surface area contributed by atoms with Gasteiger partial charge in [-0.2, -0.15) is 0 Å². The third-order valence-corrected chi connectivity index (χ3v) is 3.49. The summed E-state index contributed by atoms with van der Waals surface area (Å²) < 4.78 is 5.86. The molecule has 1 aromatic carbocycles. The van der Waals surface area contributed by atoms with Crippen molar-refractivity contribution in [2.45, 2.75) is 31.9 Å². The molecule has 1 aromatic heterocycles. The van der Waals surface area contributed by atoms with Crippen LogP contribution >= 0.6 is 0 Å². The lowest BCUT2D eigenvalue weighted by Crippen LogP contribution is -2.18. The Morgan fingerprint density at radius 3 is 2.89 bits per heavy atom. The first kappa shape index (κ1) is 12.1. The van der Waals surface area contributed by atoms with Crippen LogP contribution in [0.5, 0.6) is 5.75 Å². The van der Waals surface area contributed by atoms with Gasteiger partial charge in [-0.3, -0.25) is 0 Å². The Morgan fingerprint density at radius 2 is 2.05 bits per heavy atom. The van der Waals surface area contributed by atoms with Crippen LogP contribution in [-0.4, -0.2) is 9.97 Å². The molecule has 4 nitrogen and oxygen atoms in total. The minimum atomic E-state index is 0.139. The zero-order valence-corrected chi connectivity index (χ0v) is 10.7. The number of hydrogen-bond donors (Lipinski definition) is 1. The van der Waals surface area contributed by atoms with Crippen molar-refractivity contribution in [3.63, 3.8) is 0 Å². The largest absolute Gasteiger partial charge is 0.485 e. The van der Waals surface area contributed by atoms with Gasteiger partial charge in [-0.1, -0.05) is 12.1 Å². The smallest absolute Gasteiger partial charge is 0.166 e. The molecule has 1 aliphatic rings. The number of nitrogens with zero attached hydrogens (tertiary/aromatic N) is 2. The van der Waals surface area contributed by atoms with Crippen molar-refractivity contribution in [2.75, 3.05) is 0 Å². The van der Waals surface area contributed by atoms with E-state index in [-0.39, 0.29) is 6.04 Å². The Kier molecular flexibility index (Phi) is 3.42. The lowest BCUT2D eigenvalue weighted by atomic mass is 9.88. The Hall–Kier alpha value is -1.94. The number of ether oxygens (including phenoxy) is 1. The summed E-state index contributed by atoms with van der Waals surface area (Å²) in [6.07, 6.45) is 6.66. The molecule has 3 rings (SSSR count). The van der Waals surface area contributed by atoms with Gasteiger partial charge in [0.1, 0.15) is 12.4 Å². The number of rotatable bonds is 3. The van der Waals surface area contributed by atoms with Crippen molar-refractivity contribution in [1.29, 1.82) is 0 Å². The topological polar surface area (TPSA) is 61.0 Å². The van der Waals surface area contributed by atoms with Crippen LogP contribution in [0.3, 0.4) is 0 Å². The van der Waals surface area contributed by atoms with Crippen molar-refractivity contribution in [1.82, 2.24) is 9.97 Å². The molecule has 1 heterocycles. The average molecular weight is 255 g/mol. The van der Waals surface area contributed by atoms with Crippen LogP contribution < -0.4 is 10.5 Å². The summed E-state index contributed by atoms with van der Waals surface area (Å²) in [4.78, 5) is 8.32. The number of aromatic nitrogens is 2. The summed E-state index contributed by atoms with van der Waals surface area (Å²) in [5, 5.41) is 0. The summed E-state index contributed by atoms with van der Waals surface area (Å²) in [7, 11) is 0. The number of benzene rings is 1. The fourth-order valence-corrected chi connectivity index (χ4v) is 2.53. The molecule has 19 heavy (non-hydrogen) atoms. The molecular weight excluding hydrogens is 238 g/mol. The van der Waals surface area contributed by atoms with Gasteiger partial charge in [-0.15, -0.1) is 0 Å². The summed E-state index contributed by atoms with van der Waals surface area (Å²) >= 11 is 0. The van der Waals surface area contributed by atoms with Gasteiger partial charge in [0.25, 0.3) is 0 Å². The fraction of sp³-hybridized carbons (Fsp3) is 0.333. The highest BCUT2D eigenvalue weighted by molar-refractivity contribution is 5.43. The summed E-state index contributed by atoms with van der Waals surface area (Å²) in [6.45, 7) is 0.395. The summed E-state index contributed by atoms with van der Waals surface area (Å²) in [5.74, 6) is 1.61. The maximum absolute atomic E-state index is 6.14. The van der Waals surface area contributed by atoms with Crippen LogP contribution in [0.25, 0.3) is 0 Å². The van der Waals surface area contributed by atoms with E-state index in [1.54, 1.807) is 18.5 Å². The third-order valence-electron chi connectivity index (χ3n) is 3.49. The molecule has 1 atom stereocenters. The Labute approximate surface area is 112 Å². The highest BCUT2D eigenvalue weighted by Gasteiger charge is 2.19. The second-order valence-electron chi connectivity index (χ2n) is 4.78. The van der Waals surface area contributed by atoms with Gasteiger partial charge in [0, 0.05) is 18.4 Å². The van der Waals surface area contributed by atoms with E-state index in [0.717, 1.165) is 25.0 Å². The monoisotopic (exact) mass is 255 g/mol. The maximum Gasteiger partial charge on any atom is 0.166 e. The normalized spacial score (nSPS) is 17.8. The van der Waals surface area contributed by atoms with Crippen LogP contribution in [0.2, 0.25) is 0 Å². The van der Waals surface area contributed by atoms with Crippen molar-refractivity contribution in [3.05, 3.63) is 53.6 Å². The molecule has 0 saturated heterocycles. The Morgan fingerprint density at radius 1 is 1.21 bits per heavy atom. The Balaban J connectivity index is 1.80. The van der Waals surface area contributed by atoms with Gasteiger partial charge >= 0.3 is 0 Å². The minimum Gasteiger partial charge on any atom is -0.485 e. The molecule has 0 saturated carbocycles. The summed E-state index contributed by atoms with van der Waals surface area (Å²) in [5.41, 5.74) is 8.61. The quantitative estimate of drug-likeness (QED) is 0.914. The molecule has 1 aliphatic carbocycles. The molecule has 0 fully saturated rings. The number of fused-ring (bicyclic) bond motifs is 1. The molecule has 0 amide bonds. The molecule has 1 unspecified atom stereocenters. The molecule has 0 aliphatic heterocycles. The van der Waals surface area contributed by atoms with E-state index in [4.69, 9.17) is 10.5 Å². The molecule has 0 spiro atoms. The van der Waals surface area contributed by atoms with Gasteiger partial charge in [0.05, 0.1) is 0 Å². The van der Waals surface area contributed by atoms with Crippen molar-refractivity contribution in [2.24, 2.45) is 5.73 Å².